The topological polar surface area (TPSA) is 123 Å². The van der Waals surface area contributed by atoms with Gasteiger partial charge >= 0.3 is 0 Å². The number of nitrogens with two attached hydrogens (primary N) is 2. The minimum absolute atomic E-state index is 0.147. The van der Waals surface area contributed by atoms with Gasteiger partial charge in [0.05, 0.1) is 0 Å². The third-order valence-corrected chi connectivity index (χ3v) is 3.54. The van der Waals surface area contributed by atoms with Gasteiger partial charge in [0, 0.05) is 13.2 Å². The fourth-order valence-corrected chi connectivity index (χ4v) is 2.34. The van der Waals surface area contributed by atoms with E-state index in [0.29, 0.717) is 12.6 Å². The molecule has 126 valence electrons. The van der Waals surface area contributed by atoms with Crippen LogP contribution in [0.3, 0.4) is 0 Å². The van der Waals surface area contributed by atoms with Crippen molar-refractivity contribution >= 4 is 17.8 Å². The molecular weight excluding hydrogens is 280 g/mol. The molecule has 0 amide bonds. The minimum atomic E-state index is 0.147. The first kappa shape index (κ1) is 18.4. The zero-order chi connectivity index (χ0) is 16.0. The Labute approximate surface area is 132 Å². The first-order valence-electron chi connectivity index (χ1n) is 8.34. The molecule has 0 unspecified atom stereocenters. The van der Waals surface area contributed by atoms with Crippen LogP contribution in [0.25, 0.3) is 0 Å². The maximum absolute atomic E-state index is 8.68. The molecule has 6 N–H and O–H groups in total. The van der Waals surface area contributed by atoms with Gasteiger partial charge in [-0.05, 0) is 12.8 Å². The molecular formula is C15H30N6O. The van der Waals surface area contributed by atoms with E-state index in [-0.39, 0.29) is 11.9 Å². The van der Waals surface area contributed by atoms with E-state index in [1.807, 2.05) is 0 Å². The van der Waals surface area contributed by atoms with Crippen molar-refractivity contribution in [3.05, 3.63) is 0 Å². The van der Waals surface area contributed by atoms with Crippen molar-refractivity contribution in [2.45, 2.75) is 64.2 Å². The van der Waals surface area contributed by atoms with Crippen LogP contribution in [0.5, 0.6) is 0 Å². The lowest BCUT2D eigenvalue weighted by molar-refractivity contribution is 0.282. The molecule has 0 saturated heterocycles. The van der Waals surface area contributed by atoms with E-state index in [9.17, 15) is 0 Å². The number of aliphatic hydroxyl groups excluding tert-OH is 1. The van der Waals surface area contributed by atoms with E-state index in [4.69, 9.17) is 16.6 Å². The number of rotatable bonds is 13. The fraction of sp³-hybridized carbons (Fsp3) is 0.800. The van der Waals surface area contributed by atoms with Crippen LogP contribution in [0.1, 0.15) is 64.2 Å². The number of aromatic nitrogens is 3. The van der Waals surface area contributed by atoms with Gasteiger partial charge in [0.1, 0.15) is 0 Å². The molecule has 1 heterocycles. The number of nitrogens with zero attached hydrogens (tertiary/aromatic N) is 3. The lowest BCUT2D eigenvalue weighted by atomic mass is 10.1. The van der Waals surface area contributed by atoms with Gasteiger partial charge in [-0.3, -0.25) is 0 Å². The first-order chi connectivity index (χ1) is 10.7. The van der Waals surface area contributed by atoms with Crippen LogP contribution in [-0.2, 0) is 0 Å². The van der Waals surface area contributed by atoms with Gasteiger partial charge in [-0.1, -0.05) is 51.4 Å². The van der Waals surface area contributed by atoms with E-state index < -0.39 is 0 Å². The average molecular weight is 310 g/mol. The number of aliphatic hydroxyl groups is 1. The number of hydrogen-bond donors (Lipinski definition) is 4. The SMILES string of the molecule is Nc1nc(N)nc(NCCCCCCCCCCCCO)n1. The van der Waals surface area contributed by atoms with Gasteiger partial charge in [-0.2, -0.15) is 15.0 Å². The number of unbranched alkanes of at least 4 members (excludes halogenated alkanes) is 9. The van der Waals surface area contributed by atoms with Gasteiger partial charge < -0.3 is 21.9 Å². The van der Waals surface area contributed by atoms with Crippen molar-refractivity contribution in [2.24, 2.45) is 0 Å². The van der Waals surface area contributed by atoms with Crippen LogP contribution >= 0.6 is 0 Å². The molecule has 0 spiro atoms. The average Bonchev–Trinajstić information content (AvgIpc) is 2.47. The molecule has 7 nitrogen and oxygen atoms in total. The van der Waals surface area contributed by atoms with Gasteiger partial charge in [0.25, 0.3) is 0 Å². The summed E-state index contributed by atoms with van der Waals surface area (Å²) in [6, 6.07) is 0. The van der Waals surface area contributed by atoms with Gasteiger partial charge in [0.15, 0.2) is 0 Å². The minimum Gasteiger partial charge on any atom is -0.396 e. The summed E-state index contributed by atoms with van der Waals surface area (Å²) in [5.74, 6) is 0.746. The number of nitrogen functional groups attached to an aromatic ring is 2. The Kier molecular flexibility index (Phi) is 10.0. The third kappa shape index (κ3) is 9.33. The summed E-state index contributed by atoms with van der Waals surface area (Å²) in [6.07, 6.45) is 12.1. The first-order valence-corrected chi connectivity index (χ1v) is 8.34. The maximum atomic E-state index is 8.68. The summed E-state index contributed by atoms with van der Waals surface area (Å²) >= 11 is 0. The van der Waals surface area contributed by atoms with Gasteiger partial charge in [-0.25, -0.2) is 0 Å². The largest absolute Gasteiger partial charge is 0.396 e. The van der Waals surface area contributed by atoms with Crippen molar-refractivity contribution < 1.29 is 5.11 Å². The van der Waals surface area contributed by atoms with Gasteiger partial charge in [-0.15, -0.1) is 0 Å². The molecule has 0 aliphatic carbocycles. The van der Waals surface area contributed by atoms with Gasteiger partial charge in [0.2, 0.25) is 17.8 Å². The second kappa shape index (κ2) is 12.0. The molecule has 1 aromatic rings. The number of anilines is 3. The molecule has 7 heteroatoms. The molecule has 0 atom stereocenters. The van der Waals surface area contributed by atoms with Crippen molar-refractivity contribution in [3.63, 3.8) is 0 Å². The fourth-order valence-electron chi connectivity index (χ4n) is 2.34. The van der Waals surface area contributed by atoms with Crippen LogP contribution in [-0.4, -0.2) is 33.2 Å². The molecule has 0 aromatic carbocycles. The summed E-state index contributed by atoms with van der Waals surface area (Å²) in [4.78, 5) is 11.7. The lowest BCUT2D eigenvalue weighted by Gasteiger charge is -2.05. The van der Waals surface area contributed by atoms with Crippen molar-refractivity contribution in [1.82, 2.24) is 15.0 Å². The maximum Gasteiger partial charge on any atom is 0.229 e. The summed E-state index contributed by atoms with van der Waals surface area (Å²) in [7, 11) is 0. The Morgan fingerprint density at radius 1 is 0.682 bits per heavy atom. The molecule has 1 aromatic heterocycles. The Morgan fingerprint density at radius 3 is 1.64 bits per heavy atom. The summed E-state index contributed by atoms with van der Waals surface area (Å²) in [6.45, 7) is 1.15. The predicted octanol–water partition coefficient (Wildman–Crippen LogP) is 2.34. The molecule has 22 heavy (non-hydrogen) atoms. The lowest BCUT2D eigenvalue weighted by Crippen LogP contribution is -2.10. The van der Waals surface area contributed by atoms with Crippen molar-refractivity contribution in [1.29, 1.82) is 0 Å². The molecule has 0 saturated carbocycles. The van der Waals surface area contributed by atoms with E-state index in [2.05, 4.69) is 20.3 Å². The predicted molar refractivity (Wildman–Crippen MR) is 90.4 cm³/mol. The Hall–Kier alpha value is -1.63. The number of nitrogens with one attached hydrogen (secondary N) is 1. The molecule has 0 fully saturated rings. The molecule has 0 aliphatic heterocycles. The molecule has 0 radical (unpaired) electrons. The van der Waals surface area contributed by atoms with E-state index in [1.165, 1.54) is 44.9 Å². The highest BCUT2D eigenvalue weighted by Crippen LogP contribution is 2.11. The Balaban J connectivity index is 1.89. The van der Waals surface area contributed by atoms with Crippen LogP contribution in [0.15, 0.2) is 0 Å². The van der Waals surface area contributed by atoms with E-state index in [1.54, 1.807) is 0 Å². The Morgan fingerprint density at radius 2 is 1.14 bits per heavy atom. The van der Waals surface area contributed by atoms with Crippen LogP contribution in [0.4, 0.5) is 17.8 Å². The molecule has 0 bridgehead atoms. The van der Waals surface area contributed by atoms with Crippen LogP contribution < -0.4 is 16.8 Å². The molecule has 0 aliphatic rings. The standard InChI is InChI=1S/C15H30N6O/c16-13-19-14(17)21-15(20-13)18-11-9-7-5-3-1-2-4-6-8-10-12-22/h22H,1-12H2,(H5,16,17,18,19,20,21). The highest BCUT2D eigenvalue weighted by Gasteiger charge is 2.00. The van der Waals surface area contributed by atoms with Crippen molar-refractivity contribution in [2.75, 3.05) is 29.9 Å². The third-order valence-electron chi connectivity index (χ3n) is 3.54. The highest BCUT2D eigenvalue weighted by molar-refractivity contribution is 5.36. The summed E-state index contributed by atoms with van der Waals surface area (Å²) < 4.78 is 0. The quantitative estimate of drug-likeness (QED) is 0.412. The zero-order valence-corrected chi connectivity index (χ0v) is 13.4. The summed E-state index contributed by atoms with van der Waals surface area (Å²) in [5.41, 5.74) is 11.0. The normalized spacial score (nSPS) is 10.8. The van der Waals surface area contributed by atoms with Crippen LogP contribution in [0, 0.1) is 0 Å². The second-order valence-electron chi connectivity index (χ2n) is 5.56. The van der Waals surface area contributed by atoms with E-state index in [0.717, 1.165) is 25.8 Å². The van der Waals surface area contributed by atoms with E-state index >= 15 is 0 Å². The second-order valence-corrected chi connectivity index (χ2v) is 5.56. The number of hydrogen-bond acceptors (Lipinski definition) is 7. The highest BCUT2D eigenvalue weighted by atomic mass is 16.2. The van der Waals surface area contributed by atoms with Crippen LogP contribution in [0.2, 0.25) is 0 Å². The zero-order valence-electron chi connectivity index (χ0n) is 13.4. The monoisotopic (exact) mass is 310 g/mol. The molecule has 1 rings (SSSR count). The van der Waals surface area contributed by atoms with Crippen molar-refractivity contribution in [3.8, 4) is 0 Å². The smallest absolute Gasteiger partial charge is 0.229 e. The summed E-state index contributed by atoms with van der Waals surface area (Å²) in [5, 5.41) is 11.8. The Bertz CT molecular complexity index is 381.